The van der Waals surface area contributed by atoms with Gasteiger partial charge in [0.15, 0.2) is 9.84 Å². The fourth-order valence-corrected chi connectivity index (χ4v) is 1.97. The monoisotopic (exact) mass is 183 g/mol. The van der Waals surface area contributed by atoms with E-state index < -0.39 is 9.84 Å². The molecule has 0 spiro atoms. The third-order valence-corrected chi connectivity index (χ3v) is 2.74. The lowest BCUT2D eigenvalue weighted by Crippen LogP contribution is -2.18. The summed E-state index contributed by atoms with van der Waals surface area (Å²) >= 11 is 5.28. The van der Waals surface area contributed by atoms with Gasteiger partial charge < -0.3 is 5.73 Å². The molecule has 0 aliphatic heterocycles. The molecule has 0 heterocycles. The van der Waals surface area contributed by atoms with E-state index in [4.69, 9.17) is 17.3 Å². The van der Waals surface area contributed by atoms with Gasteiger partial charge in [-0.3, -0.25) is 0 Å². The Morgan fingerprint density at radius 3 is 2.40 bits per heavy atom. The summed E-state index contributed by atoms with van der Waals surface area (Å²) in [5, 5.41) is 0.133. The quantitative estimate of drug-likeness (QED) is 0.673. The van der Waals surface area contributed by atoms with Crippen molar-refractivity contribution in [3.05, 3.63) is 11.6 Å². The van der Waals surface area contributed by atoms with Gasteiger partial charge in [-0.05, 0) is 0 Å². The van der Waals surface area contributed by atoms with Crippen molar-refractivity contribution in [2.45, 2.75) is 0 Å². The molecule has 0 amide bonds. The first-order chi connectivity index (χ1) is 4.48. The van der Waals surface area contributed by atoms with Crippen molar-refractivity contribution < 1.29 is 8.42 Å². The lowest BCUT2D eigenvalue weighted by Gasteiger charge is -1.98. The second kappa shape index (κ2) is 3.95. The molecule has 0 fully saturated rings. The van der Waals surface area contributed by atoms with Gasteiger partial charge >= 0.3 is 0 Å². The fourth-order valence-electron chi connectivity index (χ4n) is 0.490. The number of halogens is 1. The minimum atomic E-state index is -3.09. The van der Waals surface area contributed by atoms with E-state index in [0.29, 0.717) is 0 Å². The molecule has 2 N–H and O–H groups in total. The van der Waals surface area contributed by atoms with Crippen LogP contribution in [0.1, 0.15) is 0 Å². The van der Waals surface area contributed by atoms with E-state index in [1.807, 2.05) is 0 Å². The van der Waals surface area contributed by atoms with Crippen LogP contribution in [0.5, 0.6) is 0 Å². The van der Waals surface area contributed by atoms with Crippen LogP contribution < -0.4 is 5.73 Å². The second-order valence-electron chi connectivity index (χ2n) is 1.90. The molecular formula is C5H10ClNO2S. The maximum atomic E-state index is 10.8. The predicted molar refractivity (Wildman–Crippen MR) is 42.7 cm³/mol. The van der Waals surface area contributed by atoms with Crippen molar-refractivity contribution in [3.8, 4) is 0 Å². The van der Waals surface area contributed by atoms with Gasteiger partial charge in [-0.15, -0.1) is 0 Å². The molecule has 0 unspecified atom stereocenters. The van der Waals surface area contributed by atoms with E-state index in [2.05, 4.69) is 6.58 Å². The topological polar surface area (TPSA) is 60.2 Å². The zero-order chi connectivity index (χ0) is 8.20. The Labute approximate surface area is 65.8 Å². The van der Waals surface area contributed by atoms with Gasteiger partial charge in [-0.2, -0.15) is 0 Å². The third kappa shape index (κ3) is 4.78. The van der Waals surface area contributed by atoms with Gasteiger partial charge in [-0.25, -0.2) is 8.42 Å². The summed E-state index contributed by atoms with van der Waals surface area (Å²) in [5.74, 6) is -0.204. The van der Waals surface area contributed by atoms with Crippen LogP contribution in [-0.4, -0.2) is 26.5 Å². The van der Waals surface area contributed by atoms with Crippen LogP contribution >= 0.6 is 11.6 Å². The van der Waals surface area contributed by atoms with Gasteiger partial charge in [0.25, 0.3) is 0 Å². The molecule has 0 saturated heterocycles. The molecule has 0 aromatic heterocycles. The number of hydrogen-bond donors (Lipinski definition) is 1. The molecule has 0 rings (SSSR count). The van der Waals surface area contributed by atoms with Crippen LogP contribution in [-0.2, 0) is 9.84 Å². The van der Waals surface area contributed by atoms with Crippen LogP contribution in [0.3, 0.4) is 0 Å². The lowest BCUT2D eigenvalue weighted by molar-refractivity contribution is 0.598. The molecule has 3 nitrogen and oxygen atoms in total. The van der Waals surface area contributed by atoms with E-state index in [1.165, 1.54) is 0 Å². The minimum Gasteiger partial charge on any atom is -0.329 e. The predicted octanol–water partition coefficient (Wildman–Crippen LogP) is 0.112. The molecule has 5 heteroatoms. The highest BCUT2D eigenvalue weighted by atomic mass is 35.5. The normalized spacial score (nSPS) is 11.4. The second-order valence-corrected chi connectivity index (χ2v) is 4.62. The van der Waals surface area contributed by atoms with Gasteiger partial charge in [0.2, 0.25) is 0 Å². The highest BCUT2D eigenvalue weighted by Crippen LogP contribution is 2.01. The molecule has 0 atom stereocenters. The minimum absolute atomic E-state index is 0.0290. The fraction of sp³-hybridized carbons (Fsp3) is 0.600. The Morgan fingerprint density at radius 1 is 1.60 bits per heavy atom. The molecule has 0 saturated carbocycles. The summed E-state index contributed by atoms with van der Waals surface area (Å²) in [5.41, 5.74) is 5.04. The average molecular weight is 184 g/mol. The molecule has 0 bridgehead atoms. The number of nitrogens with two attached hydrogens (primary N) is 1. The molecule has 60 valence electrons. The van der Waals surface area contributed by atoms with E-state index in [1.54, 1.807) is 0 Å². The van der Waals surface area contributed by atoms with Crippen molar-refractivity contribution in [2.75, 3.05) is 18.1 Å². The number of sulfone groups is 1. The third-order valence-electron chi connectivity index (χ3n) is 0.805. The standard InChI is InChI=1S/C5H10ClNO2S/c1-5(6)4-10(8,9)3-2-7/h1-4,7H2. The van der Waals surface area contributed by atoms with E-state index in [0.717, 1.165) is 0 Å². The van der Waals surface area contributed by atoms with E-state index >= 15 is 0 Å². The SMILES string of the molecule is C=C(Cl)CS(=O)(=O)CCN. The summed E-state index contributed by atoms with van der Waals surface area (Å²) in [6.45, 7) is 3.40. The molecule has 10 heavy (non-hydrogen) atoms. The van der Waals surface area contributed by atoms with E-state index in [-0.39, 0.29) is 23.1 Å². The van der Waals surface area contributed by atoms with Crippen molar-refractivity contribution in [1.29, 1.82) is 0 Å². The average Bonchev–Trinajstić information content (AvgIpc) is 1.59. The Hall–Kier alpha value is -0.0600. The summed E-state index contributed by atoms with van der Waals surface area (Å²) in [6.07, 6.45) is 0. The summed E-state index contributed by atoms with van der Waals surface area (Å²) in [7, 11) is -3.09. The smallest absolute Gasteiger partial charge is 0.156 e. The zero-order valence-corrected chi connectivity index (χ0v) is 7.08. The van der Waals surface area contributed by atoms with Gasteiger partial charge in [0.1, 0.15) is 0 Å². The van der Waals surface area contributed by atoms with Crippen LogP contribution in [0.25, 0.3) is 0 Å². The van der Waals surface area contributed by atoms with Crippen molar-refractivity contribution >= 4 is 21.4 Å². The molecule has 0 aromatic rings. The van der Waals surface area contributed by atoms with E-state index in [9.17, 15) is 8.42 Å². The first-order valence-electron chi connectivity index (χ1n) is 2.72. The lowest BCUT2D eigenvalue weighted by atomic mass is 10.7. The van der Waals surface area contributed by atoms with Gasteiger partial charge in [-0.1, -0.05) is 18.2 Å². The summed E-state index contributed by atoms with van der Waals surface area (Å²) < 4.78 is 21.6. The highest BCUT2D eigenvalue weighted by molar-refractivity contribution is 7.91. The Kier molecular flexibility index (Phi) is 3.93. The Bertz CT molecular complexity index is 210. The Morgan fingerprint density at radius 2 is 2.10 bits per heavy atom. The largest absolute Gasteiger partial charge is 0.329 e. The van der Waals surface area contributed by atoms with Crippen LogP contribution in [0.4, 0.5) is 0 Å². The van der Waals surface area contributed by atoms with Crippen molar-refractivity contribution in [3.63, 3.8) is 0 Å². The summed E-state index contributed by atoms with van der Waals surface area (Å²) in [6, 6.07) is 0. The molecule has 0 aliphatic rings. The highest BCUT2D eigenvalue weighted by Gasteiger charge is 2.09. The Balaban J connectivity index is 4.02. The van der Waals surface area contributed by atoms with Gasteiger partial charge in [0, 0.05) is 11.6 Å². The van der Waals surface area contributed by atoms with Crippen LogP contribution in [0.15, 0.2) is 11.6 Å². The van der Waals surface area contributed by atoms with Crippen LogP contribution in [0.2, 0.25) is 0 Å². The van der Waals surface area contributed by atoms with Crippen LogP contribution in [0, 0.1) is 0 Å². The maximum absolute atomic E-state index is 10.8. The number of hydrogen-bond acceptors (Lipinski definition) is 3. The molecule has 0 aromatic carbocycles. The van der Waals surface area contributed by atoms with Crippen molar-refractivity contribution in [2.24, 2.45) is 5.73 Å². The van der Waals surface area contributed by atoms with Crippen molar-refractivity contribution in [1.82, 2.24) is 0 Å². The molecule has 0 radical (unpaired) electrons. The van der Waals surface area contributed by atoms with Gasteiger partial charge in [0.05, 0.1) is 11.5 Å². The zero-order valence-electron chi connectivity index (χ0n) is 5.51. The molecule has 0 aliphatic carbocycles. The number of rotatable bonds is 4. The molecular weight excluding hydrogens is 174 g/mol. The first-order valence-corrected chi connectivity index (χ1v) is 4.91. The maximum Gasteiger partial charge on any atom is 0.156 e. The summed E-state index contributed by atoms with van der Waals surface area (Å²) in [4.78, 5) is 0. The first kappa shape index (κ1) is 9.94.